The van der Waals surface area contributed by atoms with Gasteiger partial charge in [-0.1, -0.05) is 17.3 Å². The first kappa shape index (κ1) is 15.6. The predicted molar refractivity (Wildman–Crippen MR) is 88.1 cm³/mol. The number of carbonyl (C=O) groups excluding carboxylic acids is 1. The van der Waals surface area contributed by atoms with Crippen molar-refractivity contribution in [3.63, 3.8) is 0 Å². The van der Waals surface area contributed by atoms with Crippen LogP contribution >= 0.6 is 11.3 Å². The minimum Gasteiger partial charge on any atom is -0.339 e. The van der Waals surface area contributed by atoms with E-state index in [1.165, 1.54) is 0 Å². The number of carbonyl (C=O) groups is 1. The molecule has 0 spiro atoms. The van der Waals surface area contributed by atoms with Crippen LogP contribution in [0.25, 0.3) is 10.2 Å². The van der Waals surface area contributed by atoms with E-state index in [0.717, 1.165) is 15.2 Å². The third kappa shape index (κ3) is 3.92. The smallest absolute Gasteiger partial charge is 0.226 e. The number of amides is 1. The highest BCUT2D eigenvalue weighted by Crippen LogP contribution is 2.22. The number of rotatable bonds is 6. The summed E-state index contributed by atoms with van der Waals surface area (Å²) in [6.07, 6.45) is 1.79. The van der Waals surface area contributed by atoms with Crippen LogP contribution in [0.3, 0.4) is 0 Å². The van der Waals surface area contributed by atoms with Crippen molar-refractivity contribution < 1.29 is 9.32 Å². The van der Waals surface area contributed by atoms with Gasteiger partial charge in [0.25, 0.3) is 0 Å². The van der Waals surface area contributed by atoms with Crippen LogP contribution in [-0.4, -0.2) is 33.0 Å². The molecule has 0 aliphatic heterocycles. The zero-order valence-electron chi connectivity index (χ0n) is 13.2. The number of nitrogens with zero attached hydrogens (tertiary/aromatic N) is 4. The summed E-state index contributed by atoms with van der Waals surface area (Å²) in [7, 11) is 1.81. The van der Waals surface area contributed by atoms with Crippen molar-refractivity contribution in [3.05, 3.63) is 41.0 Å². The largest absolute Gasteiger partial charge is 0.339 e. The fourth-order valence-electron chi connectivity index (χ4n) is 2.30. The molecule has 0 radical (unpaired) electrons. The summed E-state index contributed by atoms with van der Waals surface area (Å²) in [5, 5.41) is 4.69. The van der Waals surface area contributed by atoms with Crippen molar-refractivity contribution in [3.8, 4) is 0 Å². The lowest BCUT2D eigenvalue weighted by molar-refractivity contribution is -0.130. The minimum atomic E-state index is 0.0977. The average molecular weight is 330 g/mol. The molecule has 3 aromatic rings. The van der Waals surface area contributed by atoms with E-state index >= 15 is 0 Å². The van der Waals surface area contributed by atoms with Gasteiger partial charge in [-0.3, -0.25) is 4.79 Å². The lowest BCUT2D eigenvalue weighted by Gasteiger charge is -2.15. The Morgan fingerprint density at radius 2 is 2.13 bits per heavy atom. The van der Waals surface area contributed by atoms with E-state index in [1.807, 2.05) is 31.3 Å². The second-order valence-electron chi connectivity index (χ2n) is 5.41. The molecule has 6 nitrogen and oxygen atoms in total. The molecular formula is C16H18N4O2S. The van der Waals surface area contributed by atoms with Gasteiger partial charge in [0.05, 0.1) is 16.8 Å². The molecule has 0 atom stereocenters. The van der Waals surface area contributed by atoms with E-state index in [9.17, 15) is 4.79 Å². The van der Waals surface area contributed by atoms with Gasteiger partial charge < -0.3 is 9.42 Å². The number of para-hydroxylation sites is 1. The number of hydrogen-bond acceptors (Lipinski definition) is 6. The van der Waals surface area contributed by atoms with E-state index < -0.39 is 0 Å². The third-order valence-corrected chi connectivity index (χ3v) is 4.51. The highest BCUT2D eigenvalue weighted by atomic mass is 32.1. The lowest BCUT2D eigenvalue weighted by atomic mass is 10.2. The van der Waals surface area contributed by atoms with E-state index in [2.05, 4.69) is 15.1 Å². The van der Waals surface area contributed by atoms with Gasteiger partial charge >= 0.3 is 0 Å². The molecule has 0 saturated heterocycles. The third-order valence-electron chi connectivity index (χ3n) is 3.49. The number of aryl methyl sites for hydroxylation is 2. The average Bonchev–Trinajstić information content (AvgIpc) is 3.12. The first-order valence-electron chi connectivity index (χ1n) is 7.49. The maximum Gasteiger partial charge on any atom is 0.226 e. The fraction of sp³-hybridized carbons (Fsp3) is 0.375. The quantitative estimate of drug-likeness (QED) is 0.695. The summed E-state index contributed by atoms with van der Waals surface area (Å²) in [5.41, 5.74) is 0.986. The van der Waals surface area contributed by atoms with Crippen molar-refractivity contribution in [1.29, 1.82) is 0 Å². The Morgan fingerprint density at radius 1 is 1.30 bits per heavy atom. The molecular weight excluding hydrogens is 312 g/mol. The topological polar surface area (TPSA) is 72.1 Å². The van der Waals surface area contributed by atoms with Gasteiger partial charge in [-0.15, -0.1) is 11.3 Å². The molecule has 2 aromatic heterocycles. The molecule has 0 aliphatic rings. The van der Waals surface area contributed by atoms with Crippen molar-refractivity contribution >= 4 is 27.5 Å². The monoisotopic (exact) mass is 330 g/mol. The SMILES string of the molecule is Cc1noc(CCCC(=O)N(C)Cc2nc3ccccc3s2)n1. The highest BCUT2D eigenvalue weighted by molar-refractivity contribution is 7.18. The summed E-state index contributed by atoms with van der Waals surface area (Å²) in [5.74, 6) is 1.31. The summed E-state index contributed by atoms with van der Waals surface area (Å²) in [6, 6.07) is 8.01. The number of aromatic nitrogens is 3. The van der Waals surface area contributed by atoms with Crippen LogP contribution in [0.2, 0.25) is 0 Å². The summed E-state index contributed by atoms with van der Waals surface area (Å²) >= 11 is 1.63. The first-order chi connectivity index (χ1) is 11.1. The van der Waals surface area contributed by atoms with Gasteiger partial charge in [0.15, 0.2) is 5.82 Å². The normalized spacial score (nSPS) is 11.0. The highest BCUT2D eigenvalue weighted by Gasteiger charge is 2.13. The number of thiazole rings is 1. The fourth-order valence-corrected chi connectivity index (χ4v) is 3.32. The predicted octanol–water partition coefficient (Wildman–Crippen LogP) is 2.97. The zero-order chi connectivity index (χ0) is 16.2. The summed E-state index contributed by atoms with van der Waals surface area (Å²) in [6.45, 7) is 2.32. The molecule has 0 bridgehead atoms. The molecule has 0 N–H and O–H groups in total. The van der Waals surface area contributed by atoms with Gasteiger partial charge in [-0.2, -0.15) is 4.98 Å². The van der Waals surface area contributed by atoms with Gasteiger partial charge in [-0.25, -0.2) is 4.98 Å². The minimum absolute atomic E-state index is 0.0977. The Labute approximate surface area is 138 Å². The molecule has 0 unspecified atom stereocenters. The summed E-state index contributed by atoms with van der Waals surface area (Å²) < 4.78 is 6.19. The van der Waals surface area contributed by atoms with Crippen LogP contribution in [0.15, 0.2) is 28.8 Å². The van der Waals surface area contributed by atoms with Crippen molar-refractivity contribution in [2.45, 2.75) is 32.7 Å². The van der Waals surface area contributed by atoms with Gasteiger partial charge in [0.2, 0.25) is 11.8 Å². The standard InChI is InChI=1S/C16H18N4O2S/c1-11-17-14(22-19-11)8-5-9-16(21)20(2)10-15-18-12-6-3-4-7-13(12)23-15/h3-4,6-7H,5,8-10H2,1-2H3. The lowest BCUT2D eigenvalue weighted by Crippen LogP contribution is -2.25. The van der Waals surface area contributed by atoms with Crippen LogP contribution in [0.4, 0.5) is 0 Å². The Kier molecular flexibility index (Phi) is 4.66. The summed E-state index contributed by atoms with van der Waals surface area (Å²) in [4.78, 5) is 22.6. The number of hydrogen-bond donors (Lipinski definition) is 0. The molecule has 3 rings (SSSR count). The second kappa shape index (κ2) is 6.87. The zero-order valence-corrected chi connectivity index (χ0v) is 14.0. The number of fused-ring (bicyclic) bond motifs is 1. The maximum atomic E-state index is 12.2. The first-order valence-corrected chi connectivity index (χ1v) is 8.31. The van der Waals surface area contributed by atoms with E-state index in [1.54, 1.807) is 23.2 Å². The van der Waals surface area contributed by atoms with E-state index in [4.69, 9.17) is 4.52 Å². The Bertz CT molecular complexity index is 778. The van der Waals surface area contributed by atoms with Gasteiger partial charge in [0, 0.05) is 19.9 Å². The van der Waals surface area contributed by atoms with Crippen molar-refractivity contribution in [1.82, 2.24) is 20.0 Å². The maximum absolute atomic E-state index is 12.2. The van der Waals surface area contributed by atoms with Crippen LogP contribution in [0, 0.1) is 6.92 Å². The molecule has 1 amide bonds. The van der Waals surface area contributed by atoms with Crippen LogP contribution in [-0.2, 0) is 17.8 Å². The molecule has 0 saturated carbocycles. The Balaban J connectivity index is 1.50. The Morgan fingerprint density at radius 3 is 2.87 bits per heavy atom. The van der Waals surface area contributed by atoms with Crippen LogP contribution in [0.5, 0.6) is 0 Å². The van der Waals surface area contributed by atoms with E-state index in [-0.39, 0.29) is 5.91 Å². The van der Waals surface area contributed by atoms with E-state index in [0.29, 0.717) is 37.5 Å². The number of benzene rings is 1. The second-order valence-corrected chi connectivity index (χ2v) is 6.53. The molecule has 0 fully saturated rings. The van der Waals surface area contributed by atoms with Crippen LogP contribution < -0.4 is 0 Å². The van der Waals surface area contributed by atoms with Crippen LogP contribution in [0.1, 0.15) is 29.6 Å². The molecule has 0 aliphatic carbocycles. The molecule has 2 heterocycles. The van der Waals surface area contributed by atoms with Gasteiger partial charge in [-0.05, 0) is 25.5 Å². The van der Waals surface area contributed by atoms with Crippen molar-refractivity contribution in [2.75, 3.05) is 7.05 Å². The molecule has 120 valence electrons. The molecule has 1 aromatic carbocycles. The van der Waals surface area contributed by atoms with Gasteiger partial charge in [0.1, 0.15) is 5.01 Å². The Hall–Kier alpha value is -2.28. The van der Waals surface area contributed by atoms with Crippen molar-refractivity contribution in [2.24, 2.45) is 0 Å². The molecule has 23 heavy (non-hydrogen) atoms. The molecule has 7 heteroatoms.